The third kappa shape index (κ3) is 2.69. The van der Waals surface area contributed by atoms with Crippen LogP contribution in [0.3, 0.4) is 0 Å². The van der Waals surface area contributed by atoms with E-state index in [1.807, 2.05) is 0 Å². The Morgan fingerprint density at radius 3 is 2.95 bits per heavy atom. The molecule has 1 aliphatic heterocycles. The van der Waals surface area contributed by atoms with Crippen molar-refractivity contribution < 1.29 is 18.3 Å². The fourth-order valence-electron chi connectivity index (χ4n) is 2.18. The number of alkyl carbamates (subject to hydrolysis) is 1. The summed E-state index contributed by atoms with van der Waals surface area (Å²) in [4.78, 5) is 12.7. The minimum atomic E-state index is -0.960. The molecule has 2 rings (SSSR count). The predicted molar refractivity (Wildman–Crippen MR) is 66.9 cm³/mol. The SMILES string of the molecule is COC(=O)NC1CCN(c2c(N)ccc(F)c2F)C1. The number of halogens is 2. The van der Waals surface area contributed by atoms with E-state index in [1.54, 1.807) is 4.90 Å². The van der Waals surface area contributed by atoms with Crippen LogP contribution in [0.1, 0.15) is 6.42 Å². The largest absolute Gasteiger partial charge is 0.453 e. The Labute approximate surface area is 109 Å². The highest BCUT2D eigenvalue weighted by atomic mass is 19.2. The number of carbonyl (C=O) groups excluding carboxylic acids is 1. The van der Waals surface area contributed by atoms with Crippen LogP contribution in [-0.2, 0) is 4.74 Å². The standard InChI is InChI=1S/C12H15F2N3O2/c1-19-12(18)16-7-4-5-17(6-7)11-9(15)3-2-8(13)10(11)14/h2-3,7H,4-6,15H2,1H3,(H,16,18). The first kappa shape index (κ1) is 13.4. The third-order valence-corrected chi connectivity index (χ3v) is 3.11. The van der Waals surface area contributed by atoms with E-state index in [0.717, 1.165) is 6.07 Å². The summed E-state index contributed by atoms with van der Waals surface area (Å²) in [6.45, 7) is 0.846. The smallest absolute Gasteiger partial charge is 0.407 e. The minimum absolute atomic E-state index is 0.0502. The molecule has 0 saturated carbocycles. The van der Waals surface area contributed by atoms with Crippen molar-refractivity contribution in [2.75, 3.05) is 30.8 Å². The Morgan fingerprint density at radius 2 is 2.26 bits per heavy atom. The molecule has 0 aromatic heterocycles. The molecular formula is C12H15F2N3O2. The highest BCUT2D eigenvalue weighted by Gasteiger charge is 2.28. The molecule has 5 nitrogen and oxygen atoms in total. The van der Waals surface area contributed by atoms with Crippen molar-refractivity contribution in [3.8, 4) is 0 Å². The van der Waals surface area contributed by atoms with Gasteiger partial charge in [-0.15, -0.1) is 0 Å². The predicted octanol–water partition coefficient (Wildman–Crippen LogP) is 1.48. The van der Waals surface area contributed by atoms with Crippen molar-refractivity contribution in [2.45, 2.75) is 12.5 Å². The lowest BCUT2D eigenvalue weighted by molar-refractivity contribution is 0.167. The second-order valence-electron chi connectivity index (χ2n) is 4.37. The number of benzene rings is 1. The van der Waals surface area contributed by atoms with Crippen LogP contribution >= 0.6 is 0 Å². The molecule has 1 atom stereocenters. The molecule has 1 unspecified atom stereocenters. The summed E-state index contributed by atoms with van der Waals surface area (Å²) in [6, 6.07) is 2.15. The fourth-order valence-corrected chi connectivity index (χ4v) is 2.18. The molecule has 0 aliphatic carbocycles. The maximum absolute atomic E-state index is 13.8. The van der Waals surface area contributed by atoms with E-state index in [2.05, 4.69) is 10.1 Å². The summed E-state index contributed by atoms with van der Waals surface area (Å²) in [5, 5.41) is 2.62. The molecule has 1 aromatic rings. The topological polar surface area (TPSA) is 67.6 Å². The zero-order chi connectivity index (χ0) is 14.0. The van der Waals surface area contributed by atoms with Crippen LogP contribution in [0.5, 0.6) is 0 Å². The first-order valence-corrected chi connectivity index (χ1v) is 5.86. The number of nitrogens with zero attached hydrogens (tertiary/aromatic N) is 1. The molecule has 0 bridgehead atoms. The van der Waals surface area contributed by atoms with Crippen LogP contribution in [0.2, 0.25) is 0 Å². The van der Waals surface area contributed by atoms with Crippen LogP contribution in [0.25, 0.3) is 0 Å². The summed E-state index contributed by atoms with van der Waals surface area (Å²) < 4.78 is 31.5. The lowest BCUT2D eigenvalue weighted by Gasteiger charge is -2.21. The number of ether oxygens (including phenoxy) is 1. The van der Waals surface area contributed by atoms with Crippen molar-refractivity contribution in [2.24, 2.45) is 0 Å². The molecule has 3 N–H and O–H groups in total. The van der Waals surface area contributed by atoms with Gasteiger partial charge in [-0.1, -0.05) is 0 Å². The van der Waals surface area contributed by atoms with Crippen molar-refractivity contribution in [1.82, 2.24) is 5.32 Å². The molecule has 1 fully saturated rings. The summed E-state index contributed by atoms with van der Waals surface area (Å²) in [6.07, 6.45) is 0.0735. The third-order valence-electron chi connectivity index (χ3n) is 3.11. The zero-order valence-electron chi connectivity index (χ0n) is 10.5. The monoisotopic (exact) mass is 271 g/mol. The zero-order valence-corrected chi connectivity index (χ0v) is 10.5. The summed E-state index contributed by atoms with van der Waals surface area (Å²) in [5.41, 5.74) is 5.91. The Morgan fingerprint density at radius 1 is 1.53 bits per heavy atom. The molecule has 1 aliphatic rings. The normalized spacial score (nSPS) is 18.5. The van der Waals surface area contributed by atoms with Crippen LogP contribution in [-0.4, -0.2) is 32.3 Å². The van der Waals surface area contributed by atoms with Gasteiger partial charge in [0, 0.05) is 13.1 Å². The van der Waals surface area contributed by atoms with E-state index in [9.17, 15) is 13.6 Å². The molecule has 1 aromatic carbocycles. The van der Waals surface area contributed by atoms with Gasteiger partial charge in [-0.3, -0.25) is 0 Å². The van der Waals surface area contributed by atoms with Crippen LogP contribution < -0.4 is 16.0 Å². The Hall–Kier alpha value is -2.05. The highest BCUT2D eigenvalue weighted by Crippen LogP contribution is 2.31. The second kappa shape index (κ2) is 5.29. The quantitative estimate of drug-likeness (QED) is 0.800. The molecular weight excluding hydrogens is 256 g/mol. The van der Waals surface area contributed by atoms with Crippen LogP contribution in [0.15, 0.2) is 12.1 Å². The minimum Gasteiger partial charge on any atom is -0.453 e. The number of rotatable bonds is 2. The van der Waals surface area contributed by atoms with E-state index in [4.69, 9.17) is 5.73 Å². The summed E-state index contributed by atoms with van der Waals surface area (Å²) in [5.74, 6) is -1.90. The Balaban J connectivity index is 2.13. The number of nitrogens with two attached hydrogens (primary N) is 1. The number of hydrogen-bond acceptors (Lipinski definition) is 4. The molecule has 1 saturated heterocycles. The van der Waals surface area contributed by atoms with Gasteiger partial charge in [0.25, 0.3) is 0 Å². The fraction of sp³-hybridized carbons (Fsp3) is 0.417. The van der Waals surface area contributed by atoms with Gasteiger partial charge in [0.1, 0.15) is 0 Å². The van der Waals surface area contributed by atoms with E-state index in [0.29, 0.717) is 19.5 Å². The number of hydrogen-bond donors (Lipinski definition) is 2. The average Bonchev–Trinajstić information content (AvgIpc) is 2.82. The van der Waals surface area contributed by atoms with E-state index in [1.165, 1.54) is 13.2 Å². The van der Waals surface area contributed by atoms with Gasteiger partial charge in [0.15, 0.2) is 11.6 Å². The van der Waals surface area contributed by atoms with Gasteiger partial charge in [-0.2, -0.15) is 0 Å². The van der Waals surface area contributed by atoms with E-state index < -0.39 is 17.7 Å². The van der Waals surface area contributed by atoms with Gasteiger partial charge in [-0.25, -0.2) is 13.6 Å². The first-order valence-electron chi connectivity index (χ1n) is 5.86. The molecule has 0 spiro atoms. The van der Waals surface area contributed by atoms with Crippen molar-refractivity contribution in [3.05, 3.63) is 23.8 Å². The summed E-state index contributed by atoms with van der Waals surface area (Å²) >= 11 is 0. The molecule has 19 heavy (non-hydrogen) atoms. The van der Waals surface area contributed by atoms with Crippen LogP contribution in [0, 0.1) is 11.6 Å². The molecule has 1 heterocycles. The van der Waals surface area contributed by atoms with E-state index >= 15 is 0 Å². The van der Waals surface area contributed by atoms with Gasteiger partial charge < -0.3 is 20.7 Å². The highest BCUT2D eigenvalue weighted by molar-refractivity contribution is 5.70. The lowest BCUT2D eigenvalue weighted by atomic mass is 10.2. The molecule has 1 amide bonds. The molecule has 7 heteroatoms. The van der Waals surface area contributed by atoms with Gasteiger partial charge >= 0.3 is 6.09 Å². The van der Waals surface area contributed by atoms with E-state index in [-0.39, 0.29) is 17.4 Å². The number of anilines is 2. The number of carbonyl (C=O) groups is 1. The summed E-state index contributed by atoms with van der Waals surface area (Å²) in [7, 11) is 1.27. The number of amides is 1. The first-order chi connectivity index (χ1) is 9.02. The van der Waals surface area contributed by atoms with Gasteiger partial charge in [-0.05, 0) is 18.6 Å². The van der Waals surface area contributed by atoms with Crippen molar-refractivity contribution >= 4 is 17.5 Å². The van der Waals surface area contributed by atoms with Crippen LogP contribution in [0.4, 0.5) is 25.0 Å². The molecule has 104 valence electrons. The average molecular weight is 271 g/mol. The number of nitrogen functional groups attached to an aromatic ring is 1. The lowest BCUT2D eigenvalue weighted by Crippen LogP contribution is -2.37. The molecule has 0 radical (unpaired) electrons. The maximum atomic E-state index is 13.8. The number of methoxy groups -OCH3 is 1. The second-order valence-corrected chi connectivity index (χ2v) is 4.37. The number of nitrogens with one attached hydrogen (secondary N) is 1. The van der Waals surface area contributed by atoms with Crippen molar-refractivity contribution in [3.63, 3.8) is 0 Å². The van der Waals surface area contributed by atoms with Gasteiger partial charge in [0.2, 0.25) is 0 Å². The van der Waals surface area contributed by atoms with Gasteiger partial charge in [0.05, 0.1) is 24.5 Å². The maximum Gasteiger partial charge on any atom is 0.407 e. The van der Waals surface area contributed by atoms with Crippen molar-refractivity contribution in [1.29, 1.82) is 0 Å². The Kier molecular flexibility index (Phi) is 3.73. The Bertz CT molecular complexity index is 496.